The lowest BCUT2D eigenvalue weighted by Crippen LogP contribution is -2.17. The number of carbonyl (C=O) groups is 1. The predicted octanol–water partition coefficient (Wildman–Crippen LogP) is 5.06. The average Bonchev–Trinajstić information content (AvgIpc) is 2.45. The van der Waals surface area contributed by atoms with E-state index in [0.29, 0.717) is 31.2 Å². The molecule has 2 aromatic carbocycles. The van der Waals surface area contributed by atoms with Gasteiger partial charge in [0.15, 0.2) is 0 Å². The maximum atomic E-state index is 11.9. The van der Waals surface area contributed by atoms with Crippen molar-refractivity contribution in [3.63, 3.8) is 0 Å². The monoisotopic (exact) mass is 360 g/mol. The van der Waals surface area contributed by atoms with Gasteiger partial charge < -0.3 is 0 Å². The number of hydrazone groups is 1. The molecule has 0 aliphatic heterocycles. The molecular weight excluding hydrogens is 354 g/mol. The molecule has 0 radical (unpaired) electrons. The van der Waals surface area contributed by atoms with Crippen LogP contribution in [0.25, 0.3) is 0 Å². The van der Waals surface area contributed by atoms with Crippen LogP contribution in [0, 0.1) is 0 Å². The van der Waals surface area contributed by atoms with E-state index in [0.717, 1.165) is 0 Å². The summed E-state index contributed by atoms with van der Waals surface area (Å²) in [5, 5.41) is 5.37. The molecule has 2 rings (SSSR count). The van der Waals surface area contributed by atoms with Gasteiger partial charge in [-0.3, -0.25) is 4.79 Å². The highest BCUT2D eigenvalue weighted by Gasteiger charge is 2.07. The van der Waals surface area contributed by atoms with Gasteiger partial charge in [0.25, 0.3) is 5.91 Å². The van der Waals surface area contributed by atoms with Gasteiger partial charge in [-0.2, -0.15) is 5.10 Å². The number of carbonyl (C=O) groups excluding carboxylic acids is 1. The molecule has 21 heavy (non-hydrogen) atoms. The van der Waals surface area contributed by atoms with Crippen molar-refractivity contribution in [2.24, 2.45) is 5.10 Å². The van der Waals surface area contributed by atoms with E-state index in [4.69, 9.17) is 46.4 Å². The molecule has 0 saturated carbocycles. The molecule has 0 aromatic heterocycles. The number of nitrogens with zero attached hydrogens (tertiary/aromatic N) is 1. The molecule has 0 saturated heterocycles. The number of halogens is 4. The Balaban J connectivity index is 2.10. The standard InChI is InChI=1S/C14H8Cl4N2O/c15-10-2-1-3-11(16)9(10)7-19-20-14(21)8-4-5-12(17)13(18)6-8/h1-7H,(H,20,21). The predicted molar refractivity (Wildman–Crippen MR) is 88.0 cm³/mol. The molecule has 0 aliphatic carbocycles. The van der Waals surface area contributed by atoms with E-state index in [1.165, 1.54) is 18.3 Å². The summed E-state index contributed by atoms with van der Waals surface area (Å²) in [5.74, 6) is -0.423. The van der Waals surface area contributed by atoms with Gasteiger partial charge in [-0.1, -0.05) is 52.5 Å². The van der Waals surface area contributed by atoms with Crippen LogP contribution in [-0.2, 0) is 0 Å². The minimum absolute atomic E-state index is 0.294. The van der Waals surface area contributed by atoms with E-state index in [-0.39, 0.29) is 0 Å². The molecule has 3 nitrogen and oxygen atoms in total. The molecule has 1 N–H and O–H groups in total. The number of hydrogen-bond acceptors (Lipinski definition) is 2. The van der Waals surface area contributed by atoms with Crippen molar-refractivity contribution in [2.45, 2.75) is 0 Å². The van der Waals surface area contributed by atoms with Crippen molar-refractivity contribution in [1.29, 1.82) is 0 Å². The second-order valence-electron chi connectivity index (χ2n) is 3.96. The Bertz CT molecular complexity index is 696. The van der Waals surface area contributed by atoms with E-state index in [9.17, 15) is 4.79 Å². The van der Waals surface area contributed by atoms with Crippen molar-refractivity contribution >= 4 is 58.5 Å². The highest BCUT2D eigenvalue weighted by atomic mass is 35.5. The van der Waals surface area contributed by atoms with Crippen molar-refractivity contribution in [1.82, 2.24) is 5.43 Å². The molecular formula is C14H8Cl4N2O. The van der Waals surface area contributed by atoms with Crippen molar-refractivity contribution in [2.75, 3.05) is 0 Å². The lowest BCUT2D eigenvalue weighted by molar-refractivity contribution is 0.0955. The summed E-state index contributed by atoms with van der Waals surface area (Å²) >= 11 is 23.6. The van der Waals surface area contributed by atoms with Gasteiger partial charge in [-0.25, -0.2) is 5.43 Å². The topological polar surface area (TPSA) is 41.5 Å². The van der Waals surface area contributed by atoms with Crippen LogP contribution in [0.3, 0.4) is 0 Å². The van der Waals surface area contributed by atoms with E-state index < -0.39 is 5.91 Å². The third kappa shape index (κ3) is 4.11. The van der Waals surface area contributed by atoms with Gasteiger partial charge >= 0.3 is 0 Å². The molecule has 0 spiro atoms. The minimum Gasteiger partial charge on any atom is -0.267 e. The first-order valence-corrected chi connectivity index (χ1v) is 7.22. The summed E-state index contributed by atoms with van der Waals surface area (Å²) in [6, 6.07) is 9.60. The fraction of sp³-hybridized carbons (Fsp3) is 0. The number of hydrogen-bond donors (Lipinski definition) is 1. The normalized spacial score (nSPS) is 10.9. The molecule has 7 heteroatoms. The maximum Gasteiger partial charge on any atom is 0.271 e. The van der Waals surface area contributed by atoms with E-state index in [1.54, 1.807) is 24.3 Å². The van der Waals surface area contributed by atoms with Gasteiger partial charge in [0.1, 0.15) is 0 Å². The third-order valence-electron chi connectivity index (χ3n) is 2.54. The highest BCUT2D eigenvalue weighted by molar-refractivity contribution is 6.42. The average molecular weight is 362 g/mol. The first kappa shape index (κ1) is 16.1. The number of rotatable bonds is 3. The summed E-state index contributed by atoms with van der Waals surface area (Å²) < 4.78 is 0. The second kappa shape index (κ2) is 7.14. The Kier molecular flexibility index (Phi) is 5.48. The molecule has 0 fully saturated rings. The van der Waals surface area contributed by atoms with Crippen LogP contribution >= 0.6 is 46.4 Å². The molecule has 2 aromatic rings. The lowest BCUT2D eigenvalue weighted by Gasteiger charge is -2.03. The van der Waals surface area contributed by atoms with Gasteiger partial charge in [0.2, 0.25) is 0 Å². The molecule has 0 heterocycles. The van der Waals surface area contributed by atoms with Crippen LogP contribution in [0.15, 0.2) is 41.5 Å². The molecule has 0 bridgehead atoms. The van der Waals surface area contributed by atoms with E-state index in [1.807, 2.05) is 0 Å². The minimum atomic E-state index is -0.423. The van der Waals surface area contributed by atoms with Crippen molar-refractivity contribution in [3.05, 3.63) is 67.6 Å². The van der Waals surface area contributed by atoms with Gasteiger partial charge in [-0.15, -0.1) is 0 Å². The molecule has 0 unspecified atom stereocenters. The lowest BCUT2D eigenvalue weighted by atomic mass is 10.2. The Morgan fingerprint density at radius 3 is 2.24 bits per heavy atom. The molecule has 108 valence electrons. The van der Waals surface area contributed by atoms with Crippen LogP contribution in [-0.4, -0.2) is 12.1 Å². The van der Waals surface area contributed by atoms with Crippen LogP contribution in [0.5, 0.6) is 0 Å². The quantitative estimate of drug-likeness (QED) is 0.602. The maximum absolute atomic E-state index is 11.9. The van der Waals surface area contributed by atoms with Crippen LogP contribution in [0.2, 0.25) is 20.1 Å². The van der Waals surface area contributed by atoms with Gasteiger partial charge in [0, 0.05) is 11.1 Å². The summed E-state index contributed by atoms with van der Waals surface area (Å²) in [6.45, 7) is 0. The summed E-state index contributed by atoms with van der Waals surface area (Å²) in [4.78, 5) is 11.9. The van der Waals surface area contributed by atoms with Crippen LogP contribution in [0.4, 0.5) is 0 Å². The van der Waals surface area contributed by atoms with Crippen LogP contribution in [0.1, 0.15) is 15.9 Å². The van der Waals surface area contributed by atoms with Gasteiger partial charge in [-0.05, 0) is 30.3 Å². The zero-order valence-corrected chi connectivity index (χ0v) is 13.4. The molecule has 0 aliphatic rings. The molecule has 0 atom stereocenters. The van der Waals surface area contributed by atoms with E-state index in [2.05, 4.69) is 10.5 Å². The first-order valence-electron chi connectivity index (χ1n) is 5.71. The smallest absolute Gasteiger partial charge is 0.267 e. The third-order valence-corrected chi connectivity index (χ3v) is 3.94. The number of amides is 1. The SMILES string of the molecule is O=C(NN=Cc1c(Cl)cccc1Cl)c1ccc(Cl)c(Cl)c1. The van der Waals surface area contributed by atoms with Crippen molar-refractivity contribution in [3.8, 4) is 0 Å². The number of benzene rings is 2. The second-order valence-corrected chi connectivity index (χ2v) is 5.59. The van der Waals surface area contributed by atoms with Crippen LogP contribution < -0.4 is 5.43 Å². The Morgan fingerprint density at radius 1 is 0.952 bits per heavy atom. The zero-order valence-electron chi connectivity index (χ0n) is 10.4. The fourth-order valence-electron chi connectivity index (χ4n) is 1.49. The number of nitrogens with one attached hydrogen (secondary N) is 1. The van der Waals surface area contributed by atoms with Crippen molar-refractivity contribution < 1.29 is 4.79 Å². The summed E-state index contributed by atoms with van der Waals surface area (Å²) in [7, 11) is 0. The Hall–Kier alpha value is -1.26. The fourth-order valence-corrected chi connectivity index (χ4v) is 2.28. The van der Waals surface area contributed by atoms with E-state index >= 15 is 0 Å². The van der Waals surface area contributed by atoms with Gasteiger partial charge in [0.05, 0.1) is 26.3 Å². The Morgan fingerprint density at radius 2 is 1.62 bits per heavy atom. The first-order chi connectivity index (χ1) is 9.99. The Labute approximate surface area is 141 Å². The summed E-state index contributed by atoms with van der Waals surface area (Å²) in [6.07, 6.45) is 1.38. The largest absolute Gasteiger partial charge is 0.271 e. The molecule has 1 amide bonds. The highest BCUT2D eigenvalue weighted by Crippen LogP contribution is 2.23. The zero-order chi connectivity index (χ0) is 15.4. The summed E-state index contributed by atoms with van der Waals surface area (Å²) in [5.41, 5.74) is 3.22.